The number of thiazole rings is 2. The highest BCUT2D eigenvalue weighted by Crippen LogP contribution is 2.57. The first kappa shape index (κ1) is 29.5. The molecule has 0 saturated heterocycles. The van der Waals surface area contributed by atoms with Crippen LogP contribution in [-0.2, 0) is 11.2 Å². The molecule has 2 aliphatic rings. The van der Waals surface area contributed by atoms with Crippen molar-refractivity contribution in [1.82, 2.24) is 9.97 Å². The maximum atomic E-state index is 9.09. The van der Waals surface area contributed by atoms with Gasteiger partial charge in [-0.05, 0) is 64.1 Å². The standard InChI is InChI=1S/C32H18N8O2S4/c1-31(2)27-25(45-29(39-27)20-6-8-23(43-20)37-15(12-33)13-34)16-10-19-17(11-18(16)41-31)26-28(32(3,4)42-19)40-30(46-26)21-7-9-24(44-21)38-22(14-35)36-5/h6-11H,1-4H3. The molecule has 1 aromatic carbocycles. The van der Waals surface area contributed by atoms with Crippen molar-refractivity contribution in [2.75, 3.05) is 0 Å². The highest BCUT2D eigenvalue weighted by molar-refractivity contribution is 7.25. The number of benzene rings is 1. The van der Waals surface area contributed by atoms with Crippen LogP contribution in [0.1, 0.15) is 39.1 Å². The van der Waals surface area contributed by atoms with Crippen molar-refractivity contribution in [2.24, 2.45) is 9.98 Å². The van der Waals surface area contributed by atoms with Crippen LogP contribution in [-0.4, -0.2) is 21.5 Å². The Labute approximate surface area is 279 Å². The molecule has 0 unspecified atom stereocenters. The molecule has 0 bridgehead atoms. The van der Waals surface area contributed by atoms with Crippen LogP contribution in [0.4, 0.5) is 10.0 Å². The summed E-state index contributed by atoms with van der Waals surface area (Å²) in [5.74, 6) is 1.23. The van der Waals surface area contributed by atoms with Gasteiger partial charge >= 0.3 is 5.84 Å². The van der Waals surface area contributed by atoms with E-state index in [2.05, 4.69) is 14.8 Å². The van der Waals surface area contributed by atoms with E-state index in [1.54, 1.807) is 53.0 Å². The van der Waals surface area contributed by atoms with Gasteiger partial charge in [0.2, 0.25) is 10.7 Å². The quantitative estimate of drug-likeness (QED) is 0.105. The molecule has 2 aliphatic heterocycles. The van der Waals surface area contributed by atoms with Gasteiger partial charge in [-0.15, -0.1) is 34.0 Å². The first-order chi connectivity index (χ1) is 22.0. The van der Waals surface area contributed by atoms with Crippen LogP contribution in [0.2, 0.25) is 0 Å². The largest absolute Gasteiger partial charge is 0.481 e. The van der Waals surface area contributed by atoms with Gasteiger partial charge in [0.1, 0.15) is 67.3 Å². The van der Waals surface area contributed by atoms with Gasteiger partial charge in [0.05, 0.1) is 19.5 Å². The summed E-state index contributed by atoms with van der Waals surface area (Å²) in [5, 5.41) is 30.0. The summed E-state index contributed by atoms with van der Waals surface area (Å²) in [6.45, 7) is 15.1. The Morgan fingerprint density at radius 3 is 1.65 bits per heavy atom. The van der Waals surface area contributed by atoms with Gasteiger partial charge in [-0.2, -0.15) is 10.5 Å². The average molecular weight is 675 g/mol. The third-order valence-electron chi connectivity index (χ3n) is 7.16. The molecule has 0 amide bonds. The molecule has 0 atom stereocenters. The van der Waals surface area contributed by atoms with Crippen LogP contribution < -0.4 is 9.47 Å². The lowest BCUT2D eigenvalue weighted by atomic mass is 9.92. The molecule has 14 heteroatoms. The maximum absolute atomic E-state index is 9.09. The Bertz CT molecular complexity index is 2140. The molecule has 0 fully saturated rings. The molecule has 7 rings (SSSR count). The highest BCUT2D eigenvalue weighted by atomic mass is 32.1. The predicted molar refractivity (Wildman–Crippen MR) is 180 cm³/mol. The van der Waals surface area contributed by atoms with Gasteiger partial charge in [-0.1, -0.05) is 22.9 Å². The molecule has 0 N–H and O–H groups in total. The smallest absolute Gasteiger partial charge is 0.350 e. The zero-order valence-electron chi connectivity index (χ0n) is 24.5. The molecule has 6 heterocycles. The molecule has 0 saturated carbocycles. The van der Waals surface area contributed by atoms with Crippen molar-refractivity contribution in [3.8, 4) is 70.4 Å². The second-order valence-electron chi connectivity index (χ2n) is 11.1. The lowest BCUT2D eigenvalue weighted by Crippen LogP contribution is -2.31. The Balaban J connectivity index is 1.30. The molecule has 4 aromatic heterocycles. The van der Waals surface area contributed by atoms with Crippen molar-refractivity contribution in [1.29, 1.82) is 15.8 Å². The third-order valence-corrected chi connectivity index (χ3v) is 11.6. The Kier molecular flexibility index (Phi) is 6.86. The monoisotopic (exact) mass is 674 g/mol. The first-order valence-corrected chi connectivity index (χ1v) is 16.8. The molecule has 5 aromatic rings. The lowest BCUT2D eigenvalue weighted by molar-refractivity contribution is 0.0957. The van der Waals surface area contributed by atoms with Gasteiger partial charge in [-0.3, -0.25) is 0 Å². The van der Waals surface area contributed by atoms with Gasteiger partial charge in [0, 0.05) is 11.1 Å². The molecule has 222 valence electrons. The fourth-order valence-corrected chi connectivity index (χ4v) is 9.48. The minimum atomic E-state index is -0.712. The molecular weight excluding hydrogens is 657 g/mol. The van der Waals surface area contributed by atoms with E-state index in [0.29, 0.717) is 10.0 Å². The number of hydrogen-bond donors (Lipinski definition) is 0. The van der Waals surface area contributed by atoms with E-state index in [1.807, 2.05) is 52.0 Å². The van der Waals surface area contributed by atoms with E-state index in [0.717, 1.165) is 63.5 Å². The van der Waals surface area contributed by atoms with E-state index < -0.39 is 11.2 Å². The second-order valence-corrected chi connectivity index (χ2v) is 15.2. The first-order valence-electron chi connectivity index (χ1n) is 13.6. The Morgan fingerprint density at radius 2 is 1.22 bits per heavy atom. The number of hydrogen-bond acceptors (Lipinski definition) is 13. The van der Waals surface area contributed by atoms with Crippen LogP contribution in [0.3, 0.4) is 0 Å². The van der Waals surface area contributed by atoms with Crippen LogP contribution in [0.15, 0.2) is 46.4 Å². The highest BCUT2D eigenvalue weighted by Gasteiger charge is 2.41. The lowest BCUT2D eigenvalue weighted by Gasteiger charge is -2.35. The predicted octanol–water partition coefficient (Wildman–Crippen LogP) is 9.24. The van der Waals surface area contributed by atoms with Crippen molar-refractivity contribution in [3.63, 3.8) is 0 Å². The number of ether oxygens (including phenoxy) is 2. The van der Waals surface area contributed by atoms with Crippen LogP contribution >= 0.6 is 45.3 Å². The number of nitriles is 3. The van der Waals surface area contributed by atoms with Crippen LogP contribution in [0.25, 0.3) is 45.5 Å². The Hall–Kier alpha value is -5.22. The Morgan fingerprint density at radius 1 is 0.739 bits per heavy atom. The summed E-state index contributed by atoms with van der Waals surface area (Å²) in [4.78, 5) is 25.1. The normalized spacial score (nSPS) is 14.8. The topological polar surface area (TPSA) is 145 Å². The van der Waals surface area contributed by atoms with Gasteiger partial charge in [0.15, 0.2) is 0 Å². The van der Waals surface area contributed by atoms with E-state index in [-0.39, 0.29) is 11.5 Å². The number of fused-ring (bicyclic) bond motifs is 6. The molecule has 10 nitrogen and oxygen atoms in total. The number of amidine groups is 1. The SMILES string of the molecule is [C-]#[N+]C(C#N)=Nc1ccc(-c2nc3c(s2)-c2cc4c(cc2OC3(C)C)-c2sc(-c3ccc(N=C(C#N)C#N)s3)nc2C(C)(C)O4)s1. The number of thiophene rings is 2. The molecule has 46 heavy (non-hydrogen) atoms. The summed E-state index contributed by atoms with van der Waals surface area (Å²) in [7, 11) is 0. The number of nitrogens with zero attached hydrogens (tertiary/aromatic N) is 8. The van der Waals surface area contributed by atoms with Gasteiger partial charge in [-0.25, -0.2) is 20.2 Å². The van der Waals surface area contributed by atoms with Crippen molar-refractivity contribution in [2.45, 2.75) is 38.9 Å². The number of aliphatic imine (C=N–C) groups is 2. The number of rotatable bonds is 4. The van der Waals surface area contributed by atoms with Gasteiger partial charge < -0.3 is 14.3 Å². The maximum Gasteiger partial charge on any atom is 0.350 e. The summed E-state index contributed by atoms with van der Waals surface area (Å²) >= 11 is 5.84. The van der Waals surface area contributed by atoms with Crippen LogP contribution in [0.5, 0.6) is 11.5 Å². The fourth-order valence-electron chi connectivity index (χ4n) is 5.13. The van der Waals surface area contributed by atoms with Crippen molar-refractivity contribution >= 4 is 66.9 Å². The van der Waals surface area contributed by atoms with Crippen molar-refractivity contribution in [3.05, 3.63) is 59.2 Å². The van der Waals surface area contributed by atoms with Gasteiger partial charge in [0.25, 0.3) is 0 Å². The van der Waals surface area contributed by atoms with E-state index >= 15 is 0 Å². The summed E-state index contributed by atoms with van der Waals surface area (Å²) in [6.07, 6.45) is 0. The van der Waals surface area contributed by atoms with E-state index in [9.17, 15) is 0 Å². The van der Waals surface area contributed by atoms with E-state index in [4.69, 9.17) is 41.8 Å². The second kappa shape index (κ2) is 10.7. The minimum Gasteiger partial charge on any atom is -0.481 e. The zero-order valence-corrected chi connectivity index (χ0v) is 27.8. The number of aromatic nitrogens is 2. The van der Waals surface area contributed by atoms with Crippen molar-refractivity contribution < 1.29 is 9.47 Å². The zero-order chi connectivity index (χ0) is 32.4. The van der Waals surface area contributed by atoms with E-state index in [1.165, 1.54) is 22.7 Å². The summed E-state index contributed by atoms with van der Waals surface area (Å²) in [5.41, 5.74) is 1.80. The van der Waals surface area contributed by atoms with Crippen LogP contribution in [0, 0.1) is 40.6 Å². The summed E-state index contributed by atoms with van der Waals surface area (Å²) in [6, 6.07) is 16.8. The fraction of sp³-hybridized carbons (Fsp3) is 0.188. The molecule has 0 aliphatic carbocycles. The molecule has 0 spiro atoms. The minimum absolute atomic E-state index is 0.195. The molecule has 0 radical (unpaired) electrons. The average Bonchev–Trinajstić information content (AvgIpc) is 3.84. The molecular formula is C32H18N8O2S4. The summed E-state index contributed by atoms with van der Waals surface area (Å²) < 4.78 is 13.2. The third kappa shape index (κ3) is 4.85.